The molecule has 4 nitrogen and oxygen atoms in total. The summed E-state index contributed by atoms with van der Waals surface area (Å²) in [6.07, 6.45) is 7.11. The van der Waals surface area contributed by atoms with E-state index < -0.39 is 5.82 Å². The summed E-state index contributed by atoms with van der Waals surface area (Å²) in [5, 5.41) is 3.44. The van der Waals surface area contributed by atoms with Crippen LogP contribution in [-0.4, -0.2) is 42.0 Å². The molecule has 2 saturated heterocycles. The van der Waals surface area contributed by atoms with Gasteiger partial charge in [-0.05, 0) is 38.3 Å². The van der Waals surface area contributed by atoms with Crippen LogP contribution in [0.25, 0.3) is 0 Å². The van der Waals surface area contributed by atoms with Gasteiger partial charge < -0.3 is 10.2 Å². The van der Waals surface area contributed by atoms with Gasteiger partial charge in [0.15, 0.2) is 0 Å². The lowest BCUT2D eigenvalue weighted by atomic mass is 9.74. The molecule has 2 fully saturated rings. The number of carbonyl (C=O) groups excluding carboxylic acids is 1. The van der Waals surface area contributed by atoms with Gasteiger partial charge >= 0.3 is 0 Å². The van der Waals surface area contributed by atoms with Crippen molar-refractivity contribution in [3.8, 4) is 0 Å². The summed E-state index contributed by atoms with van der Waals surface area (Å²) in [6.45, 7) is 3.59. The Morgan fingerprint density at radius 3 is 2.95 bits per heavy atom. The molecule has 1 amide bonds. The van der Waals surface area contributed by atoms with Crippen molar-refractivity contribution < 1.29 is 9.18 Å². The molecule has 1 atom stereocenters. The highest BCUT2D eigenvalue weighted by molar-refractivity contribution is 5.94. The fraction of sp³-hybridized carbons (Fsp3) is 0.600. The van der Waals surface area contributed by atoms with Crippen LogP contribution in [0.2, 0.25) is 0 Å². The second-order valence-corrected chi connectivity index (χ2v) is 6.00. The number of piperidine rings is 2. The highest BCUT2D eigenvalue weighted by atomic mass is 19.1. The molecule has 0 aliphatic carbocycles. The number of rotatable bonds is 1. The Hall–Kier alpha value is -1.49. The number of carbonyl (C=O) groups is 1. The Labute approximate surface area is 118 Å². The van der Waals surface area contributed by atoms with Crippen molar-refractivity contribution in [3.05, 3.63) is 29.8 Å². The molecule has 1 N–H and O–H groups in total. The number of amides is 1. The first-order chi connectivity index (χ1) is 9.69. The van der Waals surface area contributed by atoms with Crippen molar-refractivity contribution in [1.29, 1.82) is 0 Å². The summed E-state index contributed by atoms with van der Waals surface area (Å²) in [4.78, 5) is 18.1. The van der Waals surface area contributed by atoms with Gasteiger partial charge in [0.1, 0.15) is 5.82 Å². The highest BCUT2D eigenvalue weighted by Crippen LogP contribution is 2.36. The quantitative estimate of drug-likeness (QED) is 0.851. The molecule has 3 rings (SSSR count). The van der Waals surface area contributed by atoms with Gasteiger partial charge in [-0.25, -0.2) is 4.39 Å². The van der Waals surface area contributed by atoms with Gasteiger partial charge in [0.25, 0.3) is 5.91 Å². The molecule has 0 aromatic carbocycles. The molecule has 1 aromatic heterocycles. The monoisotopic (exact) mass is 277 g/mol. The van der Waals surface area contributed by atoms with Crippen molar-refractivity contribution in [2.75, 3.05) is 26.2 Å². The summed E-state index contributed by atoms with van der Waals surface area (Å²) >= 11 is 0. The van der Waals surface area contributed by atoms with E-state index in [4.69, 9.17) is 0 Å². The van der Waals surface area contributed by atoms with Crippen LogP contribution in [0, 0.1) is 11.2 Å². The molecule has 0 bridgehead atoms. The van der Waals surface area contributed by atoms with E-state index in [1.165, 1.54) is 31.5 Å². The van der Waals surface area contributed by atoms with E-state index in [0.29, 0.717) is 5.56 Å². The van der Waals surface area contributed by atoms with Gasteiger partial charge in [-0.3, -0.25) is 9.78 Å². The second kappa shape index (κ2) is 5.48. The van der Waals surface area contributed by atoms with E-state index in [2.05, 4.69) is 10.3 Å². The third-order valence-corrected chi connectivity index (χ3v) is 4.46. The van der Waals surface area contributed by atoms with Gasteiger partial charge in [-0.2, -0.15) is 0 Å². The third kappa shape index (κ3) is 2.68. The van der Waals surface area contributed by atoms with E-state index in [1.807, 2.05) is 4.90 Å². The van der Waals surface area contributed by atoms with Gasteiger partial charge in [-0.15, -0.1) is 0 Å². The lowest BCUT2D eigenvalue weighted by Gasteiger charge is -2.45. The lowest BCUT2D eigenvalue weighted by Crippen LogP contribution is -2.52. The third-order valence-electron chi connectivity index (χ3n) is 4.46. The van der Waals surface area contributed by atoms with Crippen LogP contribution < -0.4 is 5.32 Å². The molecule has 20 heavy (non-hydrogen) atoms. The normalized spacial score (nSPS) is 26.8. The van der Waals surface area contributed by atoms with Crippen LogP contribution in [0.3, 0.4) is 0 Å². The van der Waals surface area contributed by atoms with Crippen molar-refractivity contribution >= 4 is 5.91 Å². The van der Waals surface area contributed by atoms with Crippen molar-refractivity contribution in [3.63, 3.8) is 0 Å². The van der Waals surface area contributed by atoms with Gasteiger partial charge in [0.2, 0.25) is 0 Å². The zero-order chi connectivity index (χ0) is 14.0. The standard InChI is InChI=1S/C15H20FN3O/c16-13-7-12(8-18-9-13)14(20)19-6-2-4-15(11-19)3-1-5-17-10-15/h7-9,17H,1-6,10-11H2. The molecule has 3 heterocycles. The molecule has 108 valence electrons. The summed E-state index contributed by atoms with van der Waals surface area (Å²) < 4.78 is 13.2. The van der Waals surface area contributed by atoms with Crippen molar-refractivity contribution in [2.45, 2.75) is 25.7 Å². The van der Waals surface area contributed by atoms with Crippen LogP contribution in [0.4, 0.5) is 4.39 Å². The zero-order valence-corrected chi connectivity index (χ0v) is 11.6. The Morgan fingerprint density at radius 1 is 1.35 bits per heavy atom. The zero-order valence-electron chi connectivity index (χ0n) is 11.6. The predicted molar refractivity (Wildman–Crippen MR) is 73.9 cm³/mol. The molecular weight excluding hydrogens is 257 g/mol. The molecule has 2 aliphatic heterocycles. The molecule has 1 unspecified atom stereocenters. The van der Waals surface area contributed by atoms with E-state index in [9.17, 15) is 9.18 Å². The highest BCUT2D eigenvalue weighted by Gasteiger charge is 2.38. The fourth-order valence-electron chi connectivity index (χ4n) is 3.47. The first-order valence-corrected chi connectivity index (χ1v) is 7.29. The number of hydrogen-bond donors (Lipinski definition) is 1. The first-order valence-electron chi connectivity index (χ1n) is 7.29. The minimum absolute atomic E-state index is 0.0957. The van der Waals surface area contributed by atoms with E-state index in [-0.39, 0.29) is 11.3 Å². The largest absolute Gasteiger partial charge is 0.338 e. The SMILES string of the molecule is O=C(c1cncc(F)c1)N1CCCC2(CCCNC2)C1. The number of nitrogens with zero attached hydrogens (tertiary/aromatic N) is 2. The summed E-state index contributed by atoms with van der Waals surface area (Å²) in [7, 11) is 0. The molecule has 0 saturated carbocycles. The minimum Gasteiger partial charge on any atom is -0.338 e. The molecule has 1 aromatic rings. The average Bonchev–Trinajstić information content (AvgIpc) is 2.47. The minimum atomic E-state index is -0.457. The number of pyridine rings is 1. The number of aromatic nitrogens is 1. The fourth-order valence-corrected chi connectivity index (χ4v) is 3.47. The molecular formula is C15H20FN3O. The van der Waals surface area contributed by atoms with Gasteiger partial charge in [0, 0.05) is 31.2 Å². The maximum Gasteiger partial charge on any atom is 0.255 e. The molecule has 5 heteroatoms. The maximum atomic E-state index is 13.2. The van der Waals surface area contributed by atoms with Crippen LogP contribution in [0.5, 0.6) is 0 Å². The number of hydrogen-bond acceptors (Lipinski definition) is 3. The Kier molecular flexibility index (Phi) is 3.70. The summed E-state index contributed by atoms with van der Waals surface area (Å²) in [5.41, 5.74) is 0.568. The van der Waals surface area contributed by atoms with Crippen LogP contribution >= 0.6 is 0 Å². The number of halogens is 1. The number of likely N-dealkylation sites (tertiary alicyclic amines) is 1. The average molecular weight is 277 g/mol. The molecule has 0 radical (unpaired) electrons. The maximum absolute atomic E-state index is 13.2. The smallest absolute Gasteiger partial charge is 0.255 e. The van der Waals surface area contributed by atoms with E-state index in [1.54, 1.807) is 0 Å². The molecule has 1 spiro atoms. The van der Waals surface area contributed by atoms with Crippen LogP contribution in [0.15, 0.2) is 18.5 Å². The second-order valence-electron chi connectivity index (χ2n) is 6.00. The van der Waals surface area contributed by atoms with E-state index in [0.717, 1.165) is 38.8 Å². The number of nitrogens with one attached hydrogen (secondary N) is 1. The first kappa shape index (κ1) is 13.5. The van der Waals surface area contributed by atoms with Crippen molar-refractivity contribution in [2.24, 2.45) is 5.41 Å². The van der Waals surface area contributed by atoms with Crippen molar-refractivity contribution in [1.82, 2.24) is 15.2 Å². The van der Waals surface area contributed by atoms with Gasteiger partial charge in [-0.1, -0.05) is 0 Å². The summed E-state index contributed by atoms with van der Waals surface area (Å²) in [6, 6.07) is 1.27. The van der Waals surface area contributed by atoms with Crippen LogP contribution in [0.1, 0.15) is 36.0 Å². The topological polar surface area (TPSA) is 45.2 Å². The predicted octanol–water partition coefficient (Wildman–Crippen LogP) is 1.83. The Bertz CT molecular complexity index is 494. The summed E-state index contributed by atoms with van der Waals surface area (Å²) in [5.74, 6) is -0.552. The van der Waals surface area contributed by atoms with E-state index >= 15 is 0 Å². The molecule has 2 aliphatic rings. The van der Waals surface area contributed by atoms with Crippen LogP contribution in [-0.2, 0) is 0 Å². The lowest BCUT2D eigenvalue weighted by molar-refractivity contribution is 0.0433. The Balaban J connectivity index is 1.74. The Morgan fingerprint density at radius 2 is 2.20 bits per heavy atom. The van der Waals surface area contributed by atoms with Gasteiger partial charge in [0.05, 0.1) is 11.8 Å².